The predicted molar refractivity (Wildman–Crippen MR) is 115 cm³/mol. The quantitative estimate of drug-likeness (QED) is 0.651. The molecule has 152 valence electrons. The van der Waals surface area contributed by atoms with Crippen molar-refractivity contribution in [1.29, 1.82) is 0 Å². The Hall–Kier alpha value is -2.70. The van der Waals surface area contributed by atoms with E-state index in [-0.39, 0.29) is 5.75 Å². The van der Waals surface area contributed by atoms with Crippen LogP contribution < -0.4 is 14.2 Å². The highest BCUT2D eigenvalue weighted by molar-refractivity contribution is 7.13. The van der Waals surface area contributed by atoms with Crippen LogP contribution in [-0.4, -0.2) is 37.4 Å². The van der Waals surface area contributed by atoms with Crippen LogP contribution in [0.15, 0.2) is 41.8 Å². The molecule has 0 radical (unpaired) electrons. The molecule has 2 heterocycles. The van der Waals surface area contributed by atoms with Crippen LogP contribution in [0.25, 0.3) is 10.4 Å². The third kappa shape index (κ3) is 3.91. The molecule has 0 spiro atoms. The number of ether oxygens (including phenoxy) is 3. The van der Waals surface area contributed by atoms with Gasteiger partial charge in [0.2, 0.25) is 0 Å². The molecule has 5 nitrogen and oxygen atoms in total. The van der Waals surface area contributed by atoms with Crippen LogP contribution in [0.2, 0.25) is 0 Å². The first kappa shape index (κ1) is 19.6. The Balaban J connectivity index is 1.63. The van der Waals surface area contributed by atoms with Gasteiger partial charge in [-0.2, -0.15) is 0 Å². The molecule has 0 atom stereocenters. The molecule has 0 unspecified atom stereocenters. The fraction of sp³-hybridized carbons (Fsp3) is 0.304. The number of rotatable bonds is 5. The van der Waals surface area contributed by atoms with Gasteiger partial charge in [0.25, 0.3) is 0 Å². The largest absolute Gasteiger partial charge is 0.504 e. The zero-order valence-electron chi connectivity index (χ0n) is 16.9. The van der Waals surface area contributed by atoms with Gasteiger partial charge >= 0.3 is 0 Å². The highest BCUT2D eigenvalue weighted by Crippen LogP contribution is 2.39. The lowest BCUT2D eigenvalue weighted by molar-refractivity contribution is 0.215. The highest BCUT2D eigenvalue weighted by Gasteiger charge is 2.22. The molecule has 0 aliphatic carbocycles. The van der Waals surface area contributed by atoms with E-state index in [0.717, 1.165) is 51.7 Å². The van der Waals surface area contributed by atoms with E-state index in [9.17, 15) is 5.11 Å². The summed E-state index contributed by atoms with van der Waals surface area (Å²) >= 11 is 1.66. The van der Waals surface area contributed by atoms with Crippen molar-refractivity contribution in [3.63, 3.8) is 0 Å². The van der Waals surface area contributed by atoms with Crippen molar-refractivity contribution in [2.45, 2.75) is 20.0 Å². The second-order valence-electron chi connectivity index (χ2n) is 7.11. The Kier molecular flexibility index (Phi) is 5.65. The molecule has 1 N–H and O–H groups in total. The molecule has 0 fully saturated rings. The summed E-state index contributed by atoms with van der Waals surface area (Å²) in [5.41, 5.74) is 4.11. The van der Waals surface area contributed by atoms with Gasteiger partial charge in [0.15, 0.2) is 11.5 Å². The molecule has 29 heavy (non-hydrogen) atoms. The van der Waals surface area contributed by atoms with E-state index in [2.05, 4.69) is 23.1 Å². The minimum Gasteiger partial charge on any atom is -0.504 e. The minimum absolute atomic E-state index is 0.200. The fourth-order valence-electron chi connectivity index (χ4n) is 3.87. The summed E-state index contributed by atoms with van der Waals surface area (Å²) in [6.45, 7) is 4.71. The number of aromatic hydroxyl groups is 1. The van der Waals surface area contributed by atoms with Crippen LogP contribution in [0, 0.1) is 6.92 Å². The Morgan fingerprint density at radius 3 is 2.76 bits per heavy atom. The Morgan fingerprint density at radius 2 is 2.03 bits per heavy atom. The van der Waals surface area contributed by atoms with E-state index in [1.54, 1.807) is 31.6 Å². The number of methoxy groups -OCH3 is 2. The number of benzene rings is 2. The smallest absolute Gasteiger partial charge is 0.165 e. The topological polar surface area (TPSA) is 51.2 Å². The van der Waals surface area contributed by atoms with Gasteiger partial charge in [-0.3, -0.25) is 4.90 Å². The highest BCUT2D eigenvalue weighted by atomic mass is 32.1. The SMILES string of the molecule is COc1ccc(CN2CCOc3c(O)cc(-c4cccs4)cc3C2)c(OC)c1C. The summed E-state index contributed by atoms with van der Waals surface area (Å²) in [5, 5.41) is 12.6. The van der Waals surface area contributed by atoms with Gasteiger partial charge in [-0.15, -0.1) is 11.3 Å². The van der Waals surface area contributed by atoms with Crippen LogP contribution >= 0.6 is 11.3 Å². The average molecular weight is 412 g/mol. The summed E-state index contributed by atoms with van der Waals surface area (Å²) < 4.78 is 17.0. The summed E-state index contributed by atoms with van der Waals surface area (Å²) in [4.78, 5) is 3.44. The number of phenols is 1. The average Bonchev–Trinajstić information content (AvgIpc) is 3.17. The van der Waals surface area contributed by atoms with Crippen molar-refractivity contribution in [3.8, 4) is 33.4 Å². The van der Waals surface area contributed by atoms with Gasteiger partial charge in [0.1, 0.15) is 18.1 Å². The van der Waals surface area contributed by atoms with Gasteiger partial charge in [-0.25, -0.2) is 0 Å². The Bertz CT molecular complexity index is 1000. The van der Waals surface area contributed by atoms with Crippen molar-refractivity contribution in [2.24, 2.45) is 0 Å². The Morgan fingerprint density at radius 1 is 1.17 bits per heavy atom. The van der Waals surface area contributed by atoms with Gasteiger partial charge in [-0.1, -0.05) is 12.1 Å². The second kappa shape index (κ2) is 8.35. The number of fused-ring (bicyclic) bond motifs is 1. The first-order valence-corrected chi connectivity index (χ1v) is 10.4. The molecule has 0 saturated carbocycles. The molecule has 0 amide bonds. The molecule has 6 heteroatoms. The number of hydrogen-bond donors (Lipinski definition) is 1. The third-order valence-electron chi connectivity index (χ3n) is 5.26. The number of thiophene rings is 1. The molecular weight excluding hydrogens is 386 g/mol. The summed E-state index contributed by atoms with van der Waals surface area (Å²) in [6.07, 6.45) is 0. The summed E-state index contributed by atoms with van der Waals surface area (Å²) in [7, 11) is 3.36. The van der Waals surface area contributed by atoms with Crippen LogP contribution in [-0.2, 0) is 13.1 Å². The van der Waals surface area contributed by atoms with Gasteiger partial charge in [-0.05, 0) is 42.1 Å². The zero-order valence-corrected chi connectivity index (χ0v) is 17.7. The standard InChI is InChI=1S/C23H25NO4S/c1-15-20(26-2)7-6-16(22(15)27-3)13-24-8-9-28-23-18(14-24)11-17(12-19(23)25)21-5-4-10-29-21/h4-7,10-12,25H,8-9,13-14H2,1-3H3. The molecule has 0 saturated heterocycles. The Labute approximate surface area is 175 Å². The van der Waals surface area contributed by atoms with E-state index in [4.69, 9.17) is 14.2 Å². The predicted octanol–water partition coefficient (Wildman–Crippen LogP) is 4.84. The number of hydrogen-bond acceptors (Lipinski definition) is 6. The summed E-state index contributed by atoms with van der Waals surface area (Å²) in [6, 6.07) is 12.0. The van der Waals surface area contributed by atoms with E-state index in [0.29, 0.717) is 18.9 Å². The van der Waals surface area contributed by atoms with E-state index >= 15 is 0 Å². The van der Waals surface area contributed by atoms with E-state index < -0.39 is 0 Å². The van der Waals surface area contributed by atoms with Crippen LogP contribution in [0.4, 0.5) is 0 Å². The van der Waals surface area contributed by atoms with Gasteiger partial charge in [0, 0.05) is 41.2 Å². The molecule has 0 bridgehead atoms. The third-order valence-corrected chi connectivity index (χ3v) is 6.17. The lowest BCUT2D eigenvalue weighted by Gasteiger charge is -2.22. The monoisotopic (exact) mass is 411 g/mol. The van der Waals surface area contributed by atoms with Gasteiger partial charge < -0.3 is 19.3 Å². The summed E-state index contributed by atoms with van der Waals surface area (Å²) in [5.74, 6) is 2.46. The van der Waals surface area contributed by atoms with E-state index in [1.807, 2.05) is 24.4 Å². The van der Waals surface area contributed by atoms with Crippen molar-refractivity contribution in [3.05, 3.63) is 58.5 Å². The fourth-order valence-corrected chi connectivity index (χ4v) is 4.59. The molecule has 1 aromatic heterocycles. The van der Waals surface area contributed by atoms with Crippen LogP contribution in [0.5, 0.6) is 23.0 Å². The molecule has 4 rings (SSSR count). The maximum absolute atomic E-state index is 10.5. The van der Waals surface area contributed by atoms with Gasteiger partial charge in [0.05, 0.1) is 14.2 Å². The first-order chi connectivity index (χ1) is 14.1. The minimum atomic E-state index is 0.200. The zero-order chi connectivity index (χ0) is 20.4. The molecule has 3 aromatic rings. The lowest BCUT2D eigenvalue weighted by atomic mass is 10.1. The normalized spacial score (nSPS) is 14.0. The van der Waals surface area contributed by atoms with Crippen molar-refractivity contribution in [2.75, 3.05) is 27.4 Å². The second-order valence-corrected chi connectivity index (χ2v) is 8.05. The molecular formula is C23H25NO4S. The van der Waals surface area contributed by atoms with Crippen LogP contribution in [0.1, 0.15) is 16.7 Å². The van der Waals surface area contributed by atoms with Crippen molar-refractivity contribution >= 4 is 11.3 Å². The molecule has 1 aliphatic heterocycles. The first-order valence-electron chi connectivity index (χ1n) is 9.56. The maximum atomic E-state index is 10.5. The van der Waals surface area contributed by atoms with Crippen LogP contribution in [0.3, 0.4) is 0 Å². The van der Waals surface area contributed by atoms with Crippen molar-refractivity contribution < 1.29 is 19.3 Å². The number of phenolic OH excluding ortho intramolecular Hbond substituents is 1. The lowest BCUT2D eigenvalue weighted by Crippen LogP contribution is -2.25. The molecule has 1 aliphatic rings. The molecule has 2 aromatic carbocycles. The number of nitrogens with zero attached hydrogens (tertiary/aromatic N) is 1. The van der Waals surface area contributed by atoms with Crippen molar-refractivity contribution in [1.82, 2.24) is 4.90 Å². The van der Waals surface area contributed by atoms with E-state index in [1.165, 1.54) is 0 Å². The maximum Gasteiger partial charge on any atom is 0.165 e.